The van der Waals surface area contributed by atoms with Crippen LogP contribution in [-0.2, 0) is 6.54 Å². The molecule has 0 saturated heterocycles. The van der Waals surface area contributed by atoms with Gasteiger partial charge < -0.3 is 4.57 Å². The summed E-state index contributed by atoms with van der Waals surface area (Å²) in [6.45, 7) is 4.93. The lowest BCUT2D eigenvalue weighted by atomic mass is 10.1. The lowest BCUT2D eigenvalue weighted by Gasteiger charge is -2.03. The first-order valence-corrected chi connectivity index (χ1v) is 7.15. The van der Waals surface area contributed by atoms with Gasteiger partial charge >= 0.3 is 0 Å². The van der Waals surface area contributed by atoms with E-state index in [-0.39, 0.29) is 0 Å². The molecule has 1 nitrogen and oxygen atoms in total. The van der Waals surface area contributed by atoms with E-state index in [9.17, 15) is 0 Å². The molecule has 17 heavy (non-hydrogen) atoms. The molecule has 0 aliphatic rings. The Morgan fingerprint density at radius 2 is 1.29 bits per heavy atom. The summed E-state index contributed by atoms with van der Waals surface area (Å²) in [4.78, 5) is 0. The summed E-state index contributed by atoms with van der Waals surface area (Å²) in [6, 6.07) is 4.20. The van der Waals surface area contributed by atoms with Gasteiger partial charge in [0.2, 0.25) is 0 Å². The average molecular weight is 233 g/mol. The largest absolute Gasteiger partial charge is 0.354 e. The van der Waals surface area contributed by atoms with Gasteiger partial charge in [0.05, 0.1) is 0 Å². The highest BCUT2D eigenvalue weighted by Crippen LogP contribution is 2.10. The Morgan fingerprint density at radius 3 is 1.88 bits per heavy atom. The molecular weight excluding hydrogens is 206 g/mol. The molecule has 1 rings (SSSR count). The van der Waals surface area contributed by atoms with Crippen LogP contribution < -0.4 is 0 Å². The fourth-order valence-corrected chi connectivity index (χ4v) is 2.16. The number of hydrogen-bond donors (Lipinski definition) is 0. The summed E-state index contributed by atoms with van der Waals surface area (Å²) in [7, 11) is 0. The van der Waals surface area contributed by atoms with E-state index in [0.29, 0.717) is 0 Å². The highest BCUT2D eigenvalue weighted by Gasteiger charge is 1.93. The van der Waals surface area contributed by atoms with Crippen molar-refractivity contribution in [1.29, 1.82) is 0 Å². The first-order valence-electron chi connectivity index (χ1n) is 7.15. The molecule has 1 aromatic heterocycles. The van der Waals surface area contributed by atoms with Crippen LogP contribution >= 0.6 is 0 Å². The van der Waals surface area contributed by atoms with Gasteiger partial charge in [0, 0.05) is 18.9 Å². The SMILES string of the molecule is C=CCCCCCCCCCCn1cccc1. The van der Waals surface area contributed by atoms with Gasteiger partial charge in [0.1, 0.15) is 0 Å². The number of nitrogens with zero attached hydrogens (tertiary/aromatic N) is 1. The van der Waals surface area contributed by atoms with Gasteiger partial charge in [-0.2, -0.15) is 0 Å². The maximum Gasteiger partial charge on any atom is 0.0219 e. The van der Waals surface area contributed by atoms with Gasteiger partial charge in [-0.15, -0.1) is 6.58 Å². The minimum absolute atomic E-state index is 1.19. The Bertz CT molecular complexity index is 261. The molecule has 96 valence electrons. The molecule has 0 amide bonds. The normalized spacial score (nSPS) is 10.6. The van der Waals surface area contributed by atoms with Crippen molar-refractivity contribution in [2.75, 3.05) is 0 Å². The van der Waals surface area contributed by atoms with Crippen LogP contribution in [0.5, 0.6) is 0 Å². The van der Waals surface area contributed by atoms with Crippen LogP contribution in [0.2, 0.25) is 0 Å². The van der Waals surface area contributed by atoms with Crippen molar-refractivity contribution in [3.05, 3.63) is 37.2 Å². The van der Waals surface area contributed by atoms with Crippen LogP contribution in [0.3, 0.4) is 0 Å². The van der Waals surface area contributed by atoms with Crippen LogP contribution in [0.1, 0.15) is 57.8 Å². The fourth-order valence-electron chi connectivity index (χ4n) is 2.16. The molecule has 0 atom stereocenters. The molecule has 0 aliphatic heterocycles. The molecule has 0 spiro atoms. The van der Waals surface area contributed by atoms with Crippen molar-refractivity contribution in [3.63, 3.8) is 0 Å². The van der Waals surface area contributed by atoms with Crippen molar-refractivity contribution in [1.82, 2.24) is 4.57 Å². The van der Waals surface area contributed by atoms with Crippen molar-refractivity contribution in [2.45, 2.75) is 64.3 Å². The van der Waals surface area contributed by atoms with E-state index in [1.807, 2.05) is 6.08 Å². The summed E-state index contributed by atoms with van der Waals surface area (Å²) >= 11 is 0. The smallest absolute Gasteiger partial charge is 0.0219 e. The zero-order valence-electron chi connectivity index (χ0n) is 11.1. The number of rotatable bonds is 11. The van der Waals surface area contributed by atoms with Gasteiger partial charge in [-0.05, 0) is 31.4 Å². The molecule has 1 heteroatoms. The maximum atomic E-state index is 3.75. The molecule has 1 heterocycles. The van der Waals surface area contributed by atoms with Crippen LogP contribution in [0.4, 0.5) is 0 Å². The van der Waals surface area contributed by atoms with E-state index in [2.05, 4.69) is 35.7 Å². The Morgan fingerprint density at radius 1 is 0.765 bits per heavy atom. The second-order valence-corrected chi connectivity index (χ2v) is 4.83. The monoisotopic (exact) mass is 233 g/mol. The Kier molecular flexibility index (Phi) is 8.44. The van der Waals surface area contributed by atoms with E-state index < -0.39 is 0 Å². The predicted molar refractivity (Wildman–Crippen MR) is 76.2 cm³/mol. The first kappa shape index (κ1) is 14.1. The van der Waals surface area contributed by atoms with Crippen molar-refractivity contribution >= 4 is 0 Å². The lowest BCUT2D eigenvalue weighted by Crippen LogP contribution is -1.93. The topological polar surface area (TPSA) is 4.93 Å². The second kappa shape index (κ2) is 10.2. The highest BCUT2D eigenvalue weighted by atomic mass is 14.9. The molecule has 0 aliphatic carbocycles. The zero-order chi connectivity index (χ0) is 12.2. The summed E-state index contributed by atoms with van der Waals surface area (Å²) in [5, 5.41) is 0. The molecule has 0 fully saturated rings. The Labute approximate surface area is 107 Å². The van der Waals surface area contributed by atoms with E-state index in [0.717, 1.165) is 0 Å². The molecule has 0 bridgehead atoms. The van der Waals surface area contributed by atoms with Crippen molar-refractivity contribution < 1.29 is 0 Å². The number of aryl methyl sites for hydroxylation is 1. The van der Waals surface area contributed by atoms with E-state index in [4.69, 9.17) is 0 Å². The van der Waals surface area contributed by atoms with Gasteiger partial charge in [-0.25, -0.2) is 0 Å². The second-order valence-electron chi connectivity index (χ2n) is 4.83. The van der Waals surface area contributed by atoms with Gasteiger partial charge in [0.25, 0.3) is 0 Å². The third-order valence-electron chi connectivity index (χ3n) is 3.24. The summed E-state index contributed by atoms with van der Waals surface area (Å²) < 4.78 is 2.27. The maximum absolute atomic E-state index is 3.75. The molecular formula is C16H27N. The standard InChI is InChI=1S/C16H27N/c1-2-3-4-5-6-7-8-9-10-11-14-17-15-12-13-16-17/h2,12-13,15-16H,1,3-11,14H2. The van der Waals surface area contributed by atoms with Crippen molar-refractivity contribution in [3.8, 4) is 0 Å². The highest BCUT2D eigenvalue weighted by molar-refractivity contribution is 4.89. The van der Waals surface area contributed by atoms with Crippen LogP contribution in [-0.4, -0.2) is 4.57 Å². The van der Waals surface area contributed by atoms with Gasteiger partial charge in [0.15, 0.2) is 0 Å². The molecule has 1 aromatic rings. The minimum atomic E-state index is 1.19. The average Bonchev–Trinajstić information content (AvgIpc) is 2.85. The van der Waals surface area contributed by atoms with Crippen molar-refractivity contribution in [2.24, 2.45) is 0 Å². The Balaban J connectivity index is 1.77. The molecule has 0 unspecified atom stereocenters. The van der Waals surface area contributed by atoms with Gasteiger partial charge in [-0.1, -0.05) is 44.6 Å². The lowest BCUT2D eigenvalue weighted by molar-refractivity contribution is 0.542. The predicted octanol–water partition coefficient (Wildman–Crippen LogP) is 5.19. The van der Waals surface area contributed by atoms with Crippen LogP contribution in [0, 0.1) is 0 Å². The first-order chi connectivity index (χ1) is 8.43. The third-order valence-corrected chi connectivity index (χ3v) is 3.24. The number of allylic oxidation sites excluding steroid dienone is 1. The number of unbranched alkanes of at least 4 members (excludes halogenated alkanes) is 8. The number of aromatic nitrogens is 1. The fraction of sp³-hybridized carbons (Fsp3) is 0.625. The van der Waals surface area contributed by atoms with E-state index >= 15 is 0 Å². The summed E-state index contributed by atoms with van der Waals surface area (Å²) in [5.74, 6) is 0. The minimum Gasteiger partial charge on any atom is -0.354 e. The molecule has 0 N–H and O–H groups in total. The molecule has 0 aromatic carbocycles. The third kappa shape index (κ3) is 7.84. The Hall–Kier alpha value is -0.980. The van der Waals surface area contributed by atoms with E-state index in [1.165, 1.54) is 64.3 Å². The summed E-state index contributed by atoms with van der Waals surface area (Å²) in [5.41, 5.74) is 0. The van der Waals surface area contributed by atoms with E-state index in [1.54, 1.807) is 0 Å². The zero-order valence-corrected chi connectivity index (χ0v) is 11.1. The number of hydrogen-bond acceptors (Lipinski definition) is 0. The van der Waals surface area contributed by atoms with Crippen LogP contribution in [0.15, 0.2) is 37.2 Å². The molecule has 0 saturated carbocycles. The summed E-state index contributed by atoms with van der Waals surface area (Å²) in [6.07, 6.45) is 18.6. The quantitative estimate of drug-likeness (QED) is 0.366. The molecule has 0 radical (unpaired) electrons. The van der Waals surface area contributed by atoms with Crippen LogP contribution in [0.25, 0.3) is 0 Å². The van der Waals surface area contributed by atoms with Gasteiger partial charge in [-0.3, -0.25) is 0 Å².